The van der Waals surface area contributed by atoms with E-state index in [-0.39, 0.29) is 6.04 Å². The second kappa shape index (κ2) is 4.56. The number of alkyl halides is 1. The van der Waals surface area contributed by atoms with Crippen LogP contribution in [-0.2, 0) is 6.54 Å². The number of hydrogen-bond donors (Lipinski definition) is 1. The molecule has 2 heteroatoms. The van der Waals surface area contributed by atoms with Gasteiger partial charge in [0.1, 0.15) is 6.17 Å². The molecule has 1 fully saturated rings. The molecule has 0 aromatic heterocycles. The first kappa shape index (κ1) is 9.66. The molecule has 1 N–H and O–H groups in total. The highest BCUT2D eigenvalue weighted by molar-refractivity contribution is 5.14. The van der Waals surface area contributed by atoms with Crippen LogP contribution in [-0.4, -0.2) is 12.2 Å². The molecule has 0 spiro atoms. The summed E-state index contributed by atoms with van der Waals surface area (Å²) in [5.41, 5.74) is 1.23. The van der Waals surface area contributed by atoms with Gasteiger partial charge in [-0.1, -0.05) is 30.3 Å². The van der Waals surface area contributed by atoms with Crippen molar-refractivity contribution in [3.8, 4) is 0 Å². The van der Waals surface area contributed by atoms with E-state index in [0.29, 0.717) is 0 Å². The lowest BCUT2D eigenvalue weighted by Gasteiger charge is -2.14. The van der Waals surface area contributed by atoms with Crippen molar-refractivity contribution in [2.45, 2.75) is 38.0 Å². The van der Waals surface area contributed by atoms with E-state index in [1.165, 1.54) is 5.56 Å². The molecule has 0 bridgehead atoms. The molecule has 1 aromatic rings. The van der Waals surface area contributed by atoms with Gasteiger partial charge in [-0.3, -0.25) is 0 Å². The SMILES string of the molecule is F[C@H]1CCC[C@@H]1NCc1ccccc1. The van der Waals surface area contributed by atoms with E-state index in [1.807, 2.05) is 18.2 Å². The fourth-order valence-electron chi connectivity index (χ4n) is 1.99. The molecule has 0 radical (unpaired) electrons. The molecule has 2 rings (SSSR count). The Bertz CT molecular complexity index is 273. The van der Waals surface area contributed by atoms with E-state index in [9.17, 15) is 4.39 Å². The monoisotopic (exact) mass is 193 g/mol. The Morgan fingerprint density at radius 2 is 2.00 bits per heavy atom. The molecule has 1 aliphatic rings. The van der Waals surface area contributed by atoms with E-state index in [2.05, 4.69) is 17.4 Å². The minimum atomic E-state index is -0.640. The maximum absolute atomic E-state index is 13.2. The quantitative estimate of drug-likeness (QED) is 0.778. The molecule has 1 aliphatic carbocycles. The topological polar surface area (TPSA) is 12.0 Å². The Balaban J connectivity index is 1.82. The zero-order valence-corrected chi connectivity index (χ0v) is 8.25. The minimum absolute atomic E-state index is 0.0789. The molecule has 14 heavy (non-hydrogen) atoms. The fourth-order valence-corrected chi connectivity index (χ4v) is 1.99. The van der Waals surface area contributed by atoms with Crippen molar-refractivity contribution in [3.05, 3.63) is 35.9 Å². The van der Waals surface area contributed by atoms with Crippen LogP contribution in [0, 0.1) is 0 Å². The summed E-state index contributed by atoms with van der Waals surface area (Å²) < 4.78 is 13.2. The van der Waals surface area contributed by atoms with E-state index in [1.54, 1.807) is 0 Å². The lowest BCUT2D eigenvalue weighted by atomic mass is 10.2. The molecule has 2 atom stereocenters. The maximum atomic E-state index is 13.2. The average Bonchev–Trinajstić information content (AvgIpc) is 2.63. The van der Waals surface area contributed by atoms with Crippen LogP contribution in [0.25, 0.3) is 0 Å². The first-order valence-electron chi connectivity index (χ1n) is 5.27. The van der Waals surface area contributed by atoms with Crippen LogP contribution in [0.4, 0.5) is 4.39 Å². The van der Waals surface area contributed by atoms with Crippen molar-refractivity contribution in [3.63, 3.8) is 0 Å². The van der Waals surface area contributed by atoms with Crippen LogP contribution in [0.5, 0.6) is 0 Å². The number of halogens is 1. The Labute approximate surface area is 84.3 Å². The van der Waals surface area contributed by atoms with Crippen LogP contribution in [0.2, 0.25) is 0 Å². The Hall–Kier alpha value is -0.890. The summed E-state index contributed by atoms with van der Waals surface area (Å²) >= 11 is 0. The van der Waals surface area contributed by atoms with E-state index in [0.717, 1.165) is 25.8 Å². The number of nitrogens with one attached hydrogen (secondary N) is 1. The van der Waals surface area contributed by atoms with Crippen molar-refractivity contribution in [1.29, 1.82) is 0 Å². The number of hydrogen-bond acceptors (Lipinski definition) is 1. The highest BCUT2D eigenvalue weighted by atomic mass is 19.1. The first-order valence-corrected chi connectivity index (χ1v) is 5.27. The molecule has 0 unspecified atom stereocenters. The zero-order chi connectivity index (χ0) is 9.80. The lowest BCUT2D eigenvalue weighted by Crippen LogP contribution is -2.32. The maximum Gasteiger partial charge on any atom is 0.115 e. The molecule has 1 nitrogen and oxygen atoms in total. The predicted molar refractivity (Wildman–Crippen MR) is 55.8 cm³/mol. The Morgan fingerprint density at radius 1 is 1.21 bits per heavy atom. The van der Waals surface area contributed by atoms with Gasteiger partial charge in [-0.2, -0.15) is 0 Å². The van der Waals surface area contributed by atoms with E-state index in [4.69, 9.17) is 0 Å². The van der Waals surface area contributed by atoms with Crippen molar-refractivity contribution in [2.75, 3.05) is 0 Å². The molecule has 76 valence electrons. The highest BCUT2D eigenvalue weighted by Gasteiger charge is 2.25. The van der Waals surface area contributed by atoms with Crippen LogP contribution in [0.1, 0.15) is 24.8 Å². The zero-order valence-electron chi connectivity index (χ0n) is 8.25. The fraction of sp³-hybridized carbons (Fsp3) is 0.500. The average molecular weight is 193 g/mol. The Kier molecular flexibility index (Phi) is 3.14. The first-order chi connectivity index (χ1) is 6.86. The van der Waals surface area contributed by atoms with Crippen LogP contribution in [0.15, 0.2) is 30.3 Å². The highest BCUT2D eigenvalue weighted by Crippen LogP contribution is 2.22. The third-order valence-corrected chi connectivity index (χ3v) is 2.84. The van der Waals surface area contributed by atoms with Gasteiger partial charge in [-0.05, 0) is 24.8 Å². The summed E-state index contributed by atoms with van der Waals surface area (Å²) in [5.74, 6) is 0. The lowest BCUT2D eigenvalue weighted by molar-refractivity contribution is 0.279. The van der Waals surface area contributed by atoms with Crippen molar-refractivity contribution in [1.82, 2.24) is 5.32 Å². The summed E-state index contributed by atoms with van der Waals surface area (Å²) in [6.45, 7) is 0.784. The van der Waals surface area contributed by atoms with Gasteiger partial charge < -0.3 is 5.32 Å². The van der Waals surface area contributed by atoms with Gasteiger partial charge in [0, 0.05) is 12.6 Å². The summed E-state index contributed by atoms with van der Waals surface area (Å²) in [6.07, 6.45) is 2.09. The van der Waals surface area contributed by atoms with Crippen LogP contribution < -0.4 is 5.32 Å². The van der Waals surface area contributed by atoms with Gasteiger partial charge >= 0.3 is 0 Å². The third-order valence-electron chi connectivity index (χ3n) is 2.84. The number of benzene rings is 1. The summed E-state index contributed by atoms with van der Waals surface area (Å²) in [4.78, 5) is 0. The van der Waals surface area contributed by atoms with E-state index < -0.39 is 6.17 Å². The smallest absolute Gasteiger partial charge is 0.115 e. The van der Waals surface area contributed by atoms with Gasteiger partial charge in [-0.15, -0.1) is 0 Å². The molecule has 0 aliphatic heterocycles. The Morgan fingerprint density at radius 3 is 2.64 bits per heavy atom. The summed E-state index contributed by atoms with van der Waals surface area (Å²) in [6, 6.07) is 10.2. The largest absolute Gasteiger partial charge is 0.307 e. The van der Waals surface area contributed by atoms with Crippen LogP contribution >= 0.6 is 0 Å². The molecule has 0 saturated heterocycles. The normalized spacial score (nSPS) is 26.6. The van der Waals surface area contributed by atoms with Gasteiger partial charge in [-0.25, -0.2) is 4.39 Å². The summed E-state index contributed by atoms with van der Waals surface area (Å²) in [5, 5.41) is 3.27. The summed E-state index contributed by atoms with van der Waals surface area (Å²) in [7, 11) is 0. The molecule has 1 saturated carbocycles. The van der Waals surface area contributed by atoms with Crippen molar-refractivity contribution >= 4 is 0 Å². The predicted octanol–water partition coefficient (Wildman–Crippen LogP) is 2.67. The second-order valence-electron chi connectivity index (χ2n) is 3.92. The van der Waals surface area contributed by atoms with Crippen LogP contribution in [0.3, 0.4) is 0 Å². The standard InChI is InChI=1S/C12H16FN/c13-11-7-4-8-12(11)14-9-10-5-2-1-3-6-10/h1-3,5-6,11-12,14H,4,7-9H2/t11-,12-/m0/s1. The molecule has 1 aromatic carbocycles. The van der Waals surface area contributed by atoms with Gasteiger partial charge in [0.2, 0.25) is 0 Å². The molecule has 0 amide bonds. The van der Waals surface area contributed by atoms with Crippen molar-refractivity contribution in [2.24, 2.45) is 0 Å². The van der Waals surface area contributed by atoms with Gasteiger partial charge in [0.15, 0.2) is 0 Å². The third kappa shape index (κ3) is 2.32. The minimum Gasteiger partial charge on any atom is -0.307 e. The molecular formula is C12H16FN. The van der Waals surface area contributed by atoms with Gasteiger partial charge in [0.05, 0.1) is 0 Å². The van der Waals surface area contributed by atoms with E-state index >= 15 is 0 Å². The van der Waals surface area contributed by atoms with Crippen molar-refractivity contribution < 1.29 is 4.39 Å². The number of rotatable bonds is 3. The van der Waals surface area contributed by atoms with Gasteiger partial charge in [0.25, 0.3) is 0 Å². The second-order valence-corrected chi connectivity index (χ2v) is 3.92. The molecule has 0 heterocycles. The molecular weight excluding hydrogens is 177 g/mol.